The number of carbonyl (C=O) groups excluding carboxylic acids is 1. The number of ether oxygens (including phenoxy) is 1. The number of benzene rings is 1. The summed E-state index contributed by atoms with van der Waals surface area (Å²) in [7, 11) is 0. The van der Waals surface area contributed by atoms with Gasteiger partial charge in [-0.1, -0.05) is 5.92 Å². The van der Waals surface area contributed by atoms with E-state index in [1.54, 1.807) is 25.1 Å². The van der Waals surface area contributed by atoms with Crippen molar-refractivity contribution in [2.75, 3.05) is 6.61 Å². The summed E-state index contributed by atoms with van der Waals surface area (Å²) in [4.78, 5) is 29.0. The van der Waals surface area contributed by atoms with E-state index < -0.39 is 5.97 Å². The standard InChI is InChI=1S/C13H10N2O3/c1-2-18-12(16)6-4-9-3-5-10-11(7-9)14-8-15-13(10)17/h3,5,7-8H,2H2,1H3,(H,14,15,17). The van der Waals surface area contributed by atoms with E-state index in [2.05, 4.69) is 26.5 Å². The molecule has 0 unspecified atom stereocenters. The van der Waals surface area contributed by atoms with E-state index in [0.29, 0.717) is 23.1 Å². The Labute approximate surface area is 103 Å². The summed E-state index contributed by atoms with van der Waals surface area (Å²) in [5.41, 5.74) is 0.938. The summed E-state index contributed by atoms with van der Waals surface area (Å²) in [6.07, 6.45) is 1.33. The Morgan fingerprint density at radius 1 is 1.50 bits per heavy atom. The fourth-order valence-corrected chi connectivity index (χ4v) is 1.44. The molecule has 5 nitrogen and oxygen atoms in total. The summed E-state index contributed by atoms with van der Waals surface area (Å²) < 4.78 is 4.69. The number of H-pyrrole nitrogens is 1. The largest absolute Gasteiger partial charge is 0.456 e. The first-order valence-electron chi connectivity index (χ1n) is 5.37. The van der Waals surface area contributed by atoms with Gasteiger partial charge in [0.25, 0.3) is 5.56 Å². The zero-order chi connectivity index (χ0) is 13.0. The number of nitrogens with one attached hydrogen (secondary N) is 1. The smallest absolute Gasteiger partial charge is 0.384 e. The first kappa shape index (κ1) is 11.9. The van der Waals surface area contributed by atoms with Gasteiger partial charge in [0.15, 0.2) is 0 Å². The second kappa shape index (κ2) is 5.15. The molecule has 1 aromatic carbocycles. The molecular weight excluding hydrogens is 232 g/mol. The molecule has 2 rings (SSSR count). The maximum absolute atomic E-state index is 11.4. The van der Waals surface area contributed by atoms with Crippen LogP contribution < -0.4 is 5.56 Å². The molecule has 0 saturated heterocycles. The molecule has 0 bridgehead atoms. The molecule has 5 heteroatoms. The second-order valence-corrected chi connectivity index (χ2v) is 3.43. The number of nitrogens with zero attached hydrogens (tertiary/aromatic N) is 1. The molecule has 0 amide bonds. The lowest BCUT2D eigenvalue weighted by Gasteiger charge is -1.96. The Morgan fingerprint density at radius 3 is 3.11 bits per heavy atom. The quantitative estimate of drug-likeness (QED) is 0.594. The molecule has 0 atom stereocenters. The van der Waals surface area contributed by atoms with Crippen LogP contribution in [0.5, 0.6) is 0 Å². The highest BCUT2D eigenvalue weighted by molar-refractivity contribution is 5.89. The van der Waals surface area contributed by atoms with Crippen LogP contribution in [0, 0.1) is 11.8 Å². The van der Waals surface area contributed by atoms with E-state index in [0.717, 1.165) is 0 Å². The highest BCUT2D eigenvalue weighted by Gasteiger charge is 1.99. The molecule has 2 aromatic rings. The highest BCUT2D eigenvalue weighted by Crippen LogP contribution is 2.08. The molecule has 0 aliphatic rings. The normalized spacial score (nSPS) is 9.61. The van der Waals surface area contributed by atoms with Gasteiger partial charge in [0, 0.05) is 11.5 Å². The van der Waals surface area contributed by atoms with Gasteiger partial charge in [-0.2, -0.15) is 0 Å². The fraction of sp³-hybridized carbons (Fsp3) is 0.154. The van der Waals surface area contributed by atoms with Crippen LogP contribution in [-0.2, 0) is 9.53 Å². The molecule has 1 N–H and O–H groups in total. The van der Waals surface area contributed by atoms with Gasteiger partial charge < -0.3 is 9.72 Å². The molecule has 0 fully saturated rings. The van der Waals surface area contributed by atoms with Gasteiger partial charge in [0.05, 0.1) is 23.8 Å². The Morgan fingerprint density at radius 2 is 2.33 bits per heavy atom. The molecular formula is C13H10N2O3. The number of carbonyl (C=O) groups is 1. The van der Waals surface area contributed by atoms with Crippen LogP contribution in [0.25, 0.3) is 10.9 Å². The summed E-state index contributed by atoms with van der Waals surface area (Å²) in [6.45, 7) is 2.01. The average Bonchev–Trinajstić information content (AvgIpc) is 2.37. The van der Waals surface area contributed by atoms with Crippen LogP contribution in [-0.4, -0.2) is 22.5 Å². The Kier molecular flexibility index (Phi) is 3.39. The summed E-state index contributed by atoms with van der Waals surface area (Å²) in [5.74, 6) is 4.45. The third-order valence-corrected chi connectivity index (χ3v) is 2.23. The van der Waals surface area contributed by atoms with E-state index in [4.69, 9.17) is 0 Å². The molecule has 0 spiro atoms. The van der Waals surface area contributed by atoms with Gasteiger partial charge >= 0.3 is 5.97 Å². The number of esters is 1. The first-order chi connectivity index (χ1) is 8.70. The Hall–Kier alpha value is -2.61. The lowest BCUT2D eigenvalue weighted by molar-refractivity contribution is -0.136. The fourth-order valence-electron chi connectivity index (χ4n) is 1.44. The van der Waals surface area contributed by atoms with E-state index in [9.17, 15) is 9.59 Å². The van der Waals surface area contributed by atoms with Crippen LogP contribution in [0.4, 0.5) is 0 Å². The predicted molar refractivity (Wildman–Crippen MR) is 65.9 cm³/mol. The summed E-state index contributed by atoms with van der Waals surface area (Å²) >= 11 is 0. The van der Waals surface area contributed by atoms with Gasteiger partial charge in [0.1, 0.15) is 0 Å². The SMILES string of the molecule is CCOC(=O)C#Cc1ccc2c(=O)[nH]cnc2c1. The topological polar surface area (TPSA) is 72.1 Å². The molecule has 0 radical (unpaired) electrons. The lowest BCUT2D eigenvalue weighted by atomic mass is 10.1. The van der Waals surface area contributed by atoms with Crippen LogP contribution in [0.15, 0.2) is 29.3 Å². The van der Waals surface area contributed by atoms with Crippen molar-refractivity contribution in [1.82, 2.24) is 9.97 Å². The first-order valence-corrected chi connectivity index (χ1v) is 5.37. The maximum Gasteiger partial charge on any atom is 0.384 e. The van der Waals surface area contributed by atoms with Crippen LogP contribution in [0.2, 0.25) is 0 Å². The van der Waals surface area contributed by atoms with Crippen molar-refractivity contribution >= 4 is 16.9 Å². The van der Waals surface area contributed by atoms with Crippen molar-refractivity contribution in [2.45, 2.75) is 6.92 Å². The monoisotopic (exact) mass is 242 g/mol. The van der Waals surface area contributed by atoms with Crippen molar-refractivity contribution in [1.29, 1.82) is 0 Å². The average molecular weight is 242 g/mol. The van der Waals surface area contributed by atoms with Gasteiger partial charge in [-0.25, -0.2) is 9.78 Å². The molecule has 18 heavy (non-hydrogen) atoms. The number of aromatic nitrogens is 2. The molecule has 90 valence electrons. The second-order valence-electron chi connectivity index (χ2n) is 3.43. The molecule has 0 saturated carbocycles. The molecule has 1 aromatic heterocycles. The van der Waals surface area contributed by atoms with Crippen LogP contribution in [0.3, 0.4) is 0 Å². The van der Waals surface area contributed by atoms with Gasteiger partial charge in [-0.3, -0.25) is 4.79 Å². The van der Waals surface area contributed by atoms with E-state index in [1.807, 2.05) is 0 Å². The third-order valence-electron chi connectivity index (χ3n) is 2.23. The highest BCUT2D eigenvalue weighted by atomic mass is 16.5. The van der Waals surface area contributed by atoms with E-state index in [1.165, 1.54) is 6.33 Å². The number of rotatable bonds is 1. The number of hydrogen-bond donors (Lipinski definition) is 1. The van der Waals surface area contributed by atoms with Gasteiger partial charge in [0.2, 0.25) is 0 Å². The van der Waals surface area contributed by atoms with Crippen molar-refractivity contribution in [3.8, 4) is 11.8 Å². The zero-order valence-corrected chi connectivity index (χ0v) is 9.69. The minimum Gasteiger partial charge on any atom is -0.456 e. The predicted octanol–water partition coefficient (Wildman–Crippen LogP) is 0.838. The van der Waals surface area contributed by atoms with Gasteiger partial charge in [-0.05, 0) is 25.1 Å². The number of hydrogen-bond acceptors (Lipinski definition) is 4. The molecule has 0 aliphatic carbocycles. The minimum atomic E-state index is -0.573. The zero-order valence-electron chi connectivity index (χ0n) is 9.69. The van der Waals surface area contributed by atoms with Crippen molar-refractivity contribution in [3.63, 3.8) is 0 Å². The van der Waals surface area contributed by atoms with Crippen molar-refractivity contribution < 1.29 is 9.53 Å². The Balaban J connectivity index is 2.37. The van der Waals surface area contributed by atoms with E-state index in [-0.39, 0.29) is 5.56 Å². The number of aromatic amines is 1. The Bertz CT molecular complexity index is 707. The van der Waals surface area contributed by atoms with Gasteiger partial charge in [-0.15, -0.1) is 0 Å². The molecule has 1 heterocycles. The number of fused-ring (bicyclic) bond motifs is 1. The van der Waals surface area contributed by atoms with Crippen LogP contribution in [0.1, 0.15) is 12.5 Å². The van der Waals surface area contributed by atoms with Crippen LogP contribution >= 0.6 is 0 Å². The van der Waals surface area contributed by atoms with Crippen molar-refractivity contribution in [2.24, 2.45) is 0 Å². The maximum atomic E-state index is 11.4. The van der Waals surface area contributed by atoms with Crippen molar-refractivity contribution in [3.05, 3.63) is 40.4 Å². The summed E-state index contributed by atoms with van der Waals surface area (Å²) in [6, 6.07) is 4.93. The third kappa shape index (κ3) is 2.55. The molecule has 0 aliphatic heterocycles. The minimum absolute atomic E-state index is 0.204. The summed E-state index contributed by atoms with van der Waals surface area (Å²) in [5, 5.41) is 0.485. The lowest BCUT2D eigenvalue weighted by Crippen LogP contribution is -2.05. The van der Waals surface area contributed by atoms with E-state index >= 15 is 0 Å².